The van der Waals surface area contributed by atoms with E-state index >= 15 is 0 Å². The van der Waals surface area contributed by atoms with E-state index in [0.717, 1.165) is 12.3 Å². The first-order valence-corrected chi connectivity index (χ1v) is 9.05. The second-order valence-electron chi connectivity index (χ2n) is 8.22. The Morgan fingerprint density at radius 1 is 1.17 bits per heavy atom. The summed E-state index contributed by atoms with van der Waals surface area (Å²) in [4.78, 5) is 1.52. The molecule has 23 heavy (non-hydrogen) atoms. The lowest BCUT2D eigenvalue weighted by atomic mass is 9.86. The number of nitrogens with one attached hydrogen (secondary N) is 1. The van der Waals surface area contributed by atoms with Gasteiger partial charge in [0.25, 0.3) is 0 Å². The topological polar surface area (TPSA) is 33.9 Å². The molecule has 2 N–H and O–H groups in total. The minimum Gasteiger partial charge on any atom is -0.490 e. The Bertz CT molecular complexity index is 485. The summed E-state index contributed by atoms with van der Waals surface area (Å²) in [6, 6.07) is 9.43. The van der Waals surface area contributed by atoms with Gasteiger partial charge in [0.2, 0.25) is 0 Å². The molecule has 0 amide bonds. The van der Waals surface area contributed by atoms with E-state index in [2.05, 4.69) is 40.7 Å². The highest BCUT2D eigenvalue weighted by Crippen LogP contribution is 2.30. The van der Waals surface area contributed by atoms with Gasteiger partial charge >= 0.3 is 0 Å². The number of aliphatic hydroxyl groups is 1. The van der Waals surface area contributed by atoms with Crippen molar-refractivity contribution in [2.45, 2.75) is 77.5 Å². The lowest BCUT2D eigenvalue weighted by Gasteiger charge is -2.36. The first-order valence-electron chi connectivity index (χ1n) is 9.05. The monoisotopic (exact) mass is 320 g/mol. The Morgan fingerprint density at radius 2 is 1.78 bits per heavy atom. The van der Waals surface area contributed by atoms with Crippen LogP contribution in [0.25, 0.3) is 0 Å². The molecule has 2 rings (SSSR count). The van der Waals surface area contributed by atoms with Crippen molar-refractivity contribution in [1.82, 2.24) is 0 Å². The van der Waals surface area contributed by atoms with Gasteiger partial charge < -0.3 is 14.7 Å². The number of aliphatic hydroxyl groups excluding tert-OH is 1. The average molecular weight is 320 g/mol. The summed E-state index contributed by atoms with van der Waals surface area (Å²) in [5.74, 6) is 0.897. The molecule has 0 aromatic heterocycles. The molecule has 3 atom stereocenters. The predicted molar refractivity (Wildman–Crippen MR) is 95.2 cm³/mol. The van der Waals surface area contributed by atoms with Crippen LogP contribution in [-0.2, 0) is 5.41 Å². The molecule has 130 valence electrons. The number of ether oxygens (including phenoxy) is 1. The van der Waals surface area contributed by atoms with Crippen molar-refractivity contribution in [2.75, 3.05) is 13.2 Å². The molecule has 1 aliphatic heterocycles. The molecule has 0 radical (unpaired) electrons. The van der Waals surface area contributed by atoms with Crippen molar-refractivity contribution in [3.05, 3.63) is 29.8 Å². The fraction of sp³-hybridized carbons (Fsp3) is 0.700. The average Bonchev–Trinajstić information content (AvgIpc) is 2.48. The van der Waals surface area contributed by atoms with E-state index in [1.807, 2.05) is 18.2 Å². The molecule has 0 aliphatic carbocycles. The zero-order valence-corrected chi connectivity index (χ0v) is 15.4. The smallest absolute Gasteiger partial charge is 0.137 e. The van der Waals surface area contributed by atoms with Gasteiger partial charge in [0, 0.05) is 0 Å². The molecule has 1 fully saturated rings. The third-order valence-electron chi connectivity index (χ3n) is 5.14. The summed E-state index contributed by atoms with van der Waals surface area (Å²) in [6.07, 6.45) is 3.43. The van der Waals surface area contributed by atoms with Gasteiger partial charge in [-0.1, -0.05) is 39.0 Å². The Balaban J connectivity index is 1.93. The van der Waals surface area contributed by atoms with Gasteiger partial charge in [-0.2, -0.15) is 0 Å². The van der Waals surface area contributed by atoms with Crippen LogP contribution in [0.1, 0.15) is 59.4 Å². The maximum Gasteiger partial charge on any atom is 0.137 e. The van der Waals surface area contributed by atoms with Gasteiger partial charge in [-0.25, -0.2) is 0 Å². The highest BCUT2D eigenvalue weighted by atomic mass is 16.5. The van der Waals surface area contributed by atoms with Gasteiger partial charge in [0.15, 0.2) is 0 Å². The molecule has 1 heterocycles. The van der Waals surface area contributed by atoms with Crippen molar-refractivity contribution in [1.29, 1.82) is 0 Å². The van der Waals surface area contributed by atoms with Crippen LogP contribution >= 0.6 is 0 Å². The summed E-state index contributed by atoms with van der Waals surface area (Å²) in [5.41, 5.74) is 1.24. The molecule has 1 aromatic rings. The summed E-state index contributed by atoms with van der Waals surface area (Å²) >= 11 is 0. The molecule has 0 spiro atoms. The number of quaternary nitrogens is 1. The molecule has 1 aliphatic rings. The summed E-state index contributed by atoms with van der Waals surface area (Å²) < 4.78 is 5.97. The van der Waals surface area contributed by atoms with Gasteiger partial charge in [0.1, 0.15) is 25.0 Å². The molecule has 1 saturated heterocycles. The quantitative estimate of drug-likeness (QED) is 0.874. The standard InChI is InChI=1S/C20H33NO2/c1-15-9-8-10-16(2)21(15)13-17(22)14-23-19-12-7-6-11-18(19)20(3,4)5/h6-7,11-12,15-17,22H,8-10,13-14H2,1-5H3/p+1/t15-,16-,17-/m0/s1. The van der Waals surface area contributed by atoms with E-state index in [1.54, 1.807) is 0 Å². The van der Waals surface area contributed by atoms with Crippen LogP contribution in [0.2, 0.25) is 0 Å². The van der Waals surface area contributed by atoms with Gasteiger partial charge in [0.05, 0.1) is 12.1 Å². The zero-order valence-electron chi connectivity index (χ0n) is 15.4. The molecule has 0 unspecified atom stereocenters. The summed E-state index contributed by atoms with van der Waals surface area (Å²) in [5, 5.41) is 10.4. The van der Waals surface area contributed by atoms with Crippen LogP contribution in [0.15, 0.2) is 24.3 Å². The number of rotatable bonds is 5. The molecule has 0 bridgehead atoms. The Kier molecular flexibility index (Phi) is 6.10. The Hall–Kier alpha value is -1.06. The maximum atomic E-state index is 10.4. The van der Waals surface area contributed by atoms with Crippen LogP contribution < -0.4 is 9.64 Å². The van der Waals surface area contributed by atoms with Crippen LogP contribution in [0.5, 0.6) is 5.75 Å². The van der Waals surface area contributed by atoms with E-state index < -0.39 is 6.10 Å². The molecule has 1 aromatic carbocycles. The van der Waals surface area contributed by atoms with Crippen LogP contribution in [0, 0.1) is 0 Å². The largest absolute Gasteiger partial charge is 0.490 e. The second kappa shape index (κ2) is 7.67. The second-order valence-corrected chi connectivity index (χ2v) is 8.22. The summed E-state index contributed by atoms with van der Waals surface area (Å²) in [7, 11) is 0. The lowest BCUT2D eigenvalue weighted by Crippen LogP contribution is -3.20. The molecular formula is C20H34NO2+. The normalized spacial score (nSPS) is 24.4. The number of para-hydroxylation sites is 1. The molecular weight excluding hydrogens is 286 g/mol. The Morgan fingerprint density at radius 3 is 2.39 bits per heavy atom. The minimum atomic E-state index is -0.416. The first kappa shape index (κ1) is 18.3. The van der Waals surface area contributed by atoms with Gasteiger partial charge in [-0.3, -0.25) is 0 Å². The van der Waals surface area contributed by atoms with Crippen LogP contribution in [0.4, 0.5) is 0 Å². The fourth-order valence-electron chi connectivity index (χ4n) is 3.72. The molecule has 3 nitrogen and oxygen atoms in total. The highest BCUT2D eigenvalue weighted by molar-refractivity contribution is 5.38. The number of hydrogen-bond acceptors (Lipinski definition) is 2. The van der Waals surface area contributed by atoms with Crippen molar-refractivity contribution < 1.29 is 14.7 Å². The first-order chi connectivity index (χ1) is 10.8. The SMILES string of the molecule is C[C@H]1CCC[C@H](C)[NH+]1C[C@H](O)COc1ccccc1C(C)(C)C. The third kappa shape index (κ3) is 4.95. The van der Waals surface area contributed by atoms with E-state index in [1.165, 1.54) is 29.7 Å². The predicted octanol–water partition coefficient (Wildman–Crippen LogP) is 2.57. The molecule has 0 saturated carbocycles. The number of hydrogen-bond donors (Lipinski definition) is 2. The minimum absolute atomic E-state index is 0.0443. The number of piperidine rings is 1. The van der Waals surface area contributed by atoms with Gasteiger partial charge in [-0.05, 0) is 50.2 Å². The maximum absolute atomic E-state index is 10.4. The van der Waals surface area contributed by atoms with E-state index in [-0.39, 0.29) is 5.41 Å². The summed E-state index contributed by atoms with van der Waals surface area (Å²) in [6.45, 7) is 12.3. The lowest BCUT2D eigenvalue weighted by molar-refractivity contribution is -0.954. The van der Waals surface area contributed by atoms with E-state index in [4.69, 9.17) is 4.74 Å². The van der Waals surface area contributed by atoms with E-state index in [0.29, 0.717) is 18.7 Å². The fourth-order valence-corrected chi connectivity index (χ4v) is 3.72. The van der Waals surface area contributed by atoms with E-state index in [9.17, 15) is 5.11 Å². The molecule has 3 heteroatoms. The van der Waals surface area contributed by atoms with Crippen molar-refractivity contribution in [2.24, 2.45) is 0 Å². The van der Waals surface area contributed by atoms with Crippen molar-refractivity contribution in [3.8, 4) is 5.75 Å². The number of likely N-dealkylation sites (tertiary alicyclic amines) is 1. The highest BCUT2D eigenvalue weighted by Gasteiger charge is 2.30. The van der Waals surface area contributed by atoms with Crippen LogP contribution in [-0.4, -0.2) is 36.4 Å². The van der Waals surface area contributed by atoms with Crippen LogP contribution in [0.3, 0.4) is 0 Å². The third-order valence-corrected chi connectivity index (χ3v) is 5.14. The Labute approximate surface area is 141 Å². The number of benzene rings is 1. The van der Waals surface area contributed by atoms with Crippen molar-refractivity contribution >= 4 is 0 Å². The zero-order chi connectivity index (χ0) is 17.0. The van der Waals surface area contributed by atoms with Gasteiger partial charge in [-0.15, -0.1) is 0 Å². The van der Waals surface area contributed by atoms with Crippen molar-refractivity contribution in [3.63, 3.8) is 0 Å².